The lowest BCUT2D eigenvalue weighted by atomic mass is 10.1. The molecule has 1 saturated heterocycles. The second-order valence-electron chi connectivity index (χ2n) is 10.8. The molecule has 0 aliphatic carbocycles. The summed E-state index contributed by atoms with van der Waals surface area (Å²) in [5.74, 6) is -4.81. The third kappa shape index (κ3) is 19.1. The Balaban J connectivity index is 1.48. The zero-order chi connectivity index (χ0) is 37.1. The molecule has 0 aromatic carbocycles. The minimum atomic E-state index is -1.55. The monoisotopic (exact) mass is 734 g/mol. The quantitative estimate of drug-likeness (QED) is 0.0387. The van der Waals surface area contributed by atoms with Gasteiger partial charge in [0.05, 0.1) is 112 Å². The summed E-state index contributed by atoms with van der Waals surface area (Å²) in [5, 5.41) is 9.27. The fraction of sp³-hybridized carbons (Fsp3) is 0.750. The van der Waals surface area contributed by atoms with Crippen molar-refractivity contribution < 1.29 is 81.3 Å². The van der Waals surface area contributed by atoms with Crippen LogP contribution in [0.3, 0.4) is 0 Å². The summed E-state index contributed by atoms with van der Waals surface area (Å²) in [6.45, 7) is 5.94. The Morgan fingerprint density at radius 3 is 1.59 bits per heavy atom. The zero-order valence-electron chi connectivity index (χ0n) is 29.0. The topological polar surface area (TPSA) is 221 Å². The first kappa shape index (κ1) is 43.8. The summed E-state index contributed by atoms with van der Waals surface area (Å²) in [6.07, 6.45) is -0.936. The molecule has 0 aromatic heterocycles. The summed E-state index contributed by atoms with van der Waals surface area (Å²) in [6, 6.07) is 0. The first-order valence-electron chi connectivity index (χ1n) is 16.8. The molecule has 0 spiro atoms. The van der Waals surface area contributed by atoms with Gasteiger partial charge in [0.15, 0.2) is 12.2 Å². The molecule has 0 bridgehead atoms. The maximum absolute atomic E-state index is 12.8. The van der Waals surface area contributed by atoms with Gasteiger partial charge in [-0.3, -0.25) is 34.1 Å². The Hall–Kier alpha value is -3.40. The van der Waals surface area contributed by atoms with E-state index in [0.29, 0.717) is 85.7 Å². The highest BCUT2D eigenvalue weighted by molar-refractivity contribution is 6.12. The fourth-order valence-corrected chi connectivity index (χ4v) is 4.31. The summed E-state index contributed by atoms with van der Waals surface area (Å²) >= 11 is 0. The number of amides is 4. The molecule has 0 aromatic rings. The van der Waals surface area contributed by atoms with Gasteiger partial charge in [0, 0.05) is 25.8 Å². The number of imide groups is 2. The van der Waals surface area contributed by atoms with E-state index < -0.39 is 54.2 Å². The molecule has 2 heterocycles. The van der Waals surface area contributed by atoms with Crippen molar-refractivity contribution in [1.29, 1.82) is 0 Å². The van der Waals surface area contributed by atoms with E-state index in [1.165, 1.54) is 0 Å². The first-order valence-corrected chi connectivity index (χ1v) is 16.8. The molecular formula is C32H50N2O17. The Morgan fingerprint density at radius 2 is 1.16 bits per heavy atom. The van der Waals surface area contributed by atoms with Gasteiger partial charge in [-0.2, -0.15) is 5.06 Å². The van der Waals surface area contributed by atoms with Crippen molar-refractivity contribution in [3.05, 3.63) is 12.2 Å². The molecule has 1 fully saturated rings. The van der Waals surface area contributed by atoms with E-state index in [4.69, 9.17) is 47.4 Å². The number of nitrogens with zero attached hydrogens (tertiary/aromatic N) is 2. The SMILES string of the molecule is COCCOCCOCCOCCOCCOCCOCCOCCC(=O)O[C@@H](CCCCN1C(=O)C=CC1=O)C(=O)OC1CC(=O)N(O)C1=O. The lowest BCUT2D eigenvalue weighted by molar-refractivity contribution is -0.181. The van der Waals surface area contributed by atoms with Crippen LogP contribution < -0.4 is 0 Å². The highest BCUT2D eigenvalue weighted by atomic mass is 16.6. The average Bonchev–Trinajstić information content (AvgIpc) is 3.56. The third-order valence-electron chi connectivity index (χ3n) is 6.99. The standard InChI is InChI=1S/C32H50N2O17/c1-42-10-11-44-14-15-46-18-19-48-22-23-49-21-20-47-17-16-45-13-12-43-9-7-30(38)50-25(4-2-3-8-33-27(35)5-6-28(33)36)32(40)51-26-24-29(37)34(41)31(26)39/h5-6,25-26,41H,2-4,7-24H2,1H3/t25-,26?/m0/s1. The predicted molar refractivity (Wildman–Crippen MR) is 170 cm³/mol. The van der Waals surface area contributed by atoms with E-state index in [9.17, 15) is 34.0 Å². The van der Waals surface area contributed by atoms with Gasteiger partial charge < -0.3 is 47.4 Å². The van der Waals surface area contributed by atoms with Gasteiger partial charge >= 0.3 is 11.9 Å². The van der Waals surface area contributed by atoms with Crippen LogP contribution in [0.5, 0.6) is 0 Å². The van der Waals surface area contributed by atoms with E-state index in [1.54, 1.807) is 7.11 Å². The molecular weight excluding hydrogens is 684 g/mol. The summed E-state index contributed by atoms with van der Waals surface area (Å²) in [4.78, 5) is 73.2. The smallest absolute Gasteiger partial charge is 0.348 e. The van der Waals surface area contributed by atoms with E-state index >= 15 is 0 Å². The second-order valence-corrected chi connectivity index (χ2v) is 10.8. The van der Waals surface area contributed by atoms with Crippen LogP contribution in [-0.2, 0) is 76.1 Å². The predicted octanol–water partition coefficient (Wildman–Crippen LogP) is -0.794. The third-order valence-corrected chi connectivity index (χ3v) is 6.99. The Bertz CT molecular complexity index is 1090. The number of hydrogen-bond donors (Lipinski definition) is 1. The van der Waals surface area contributed by atoms with Crippen LogP contribution in [0.2, 0.25) is 0 Å². The summed E-state index contributed by atoms with van der Waals surface area (Å²) in [7, 11) is 1.62. The molecule has 2 aliphatic heterocycles. The van der Waals surface area contributed by atoms with E-state index in [0.717, 1.165) is 17.1 Å². The van der Waals surface area contributed by atoms with E-state index in [1.807, 2.05) is 0 Å². The van der Waals surface area contributed by atoms with Crippen LogP contribution in [-0.4, -0.2) is 176 Å². The molecule has 19 nitrogen and oxygen atoms in total. The normalized spacial score (nSPS) is 16.5. The average molecular weight is 735 g/mol. The number of methoxy groups -OCH3 is 1. The van der Waals surface area contributed by atoms with Gasteiger partial charge in [0.25, 0.3) is 23.6 Å². The van der Waals surface area contributed by atoms with Gasteiger partial charge in [-0.15, -0.1) is 0 Å². The molecule has 2 rings (SSSR count). The molecule has 2 aliphatic rings. The molecule has 51 heavy (non-hydrogen) atoms. The lowest BCUT2D eigenvalue weighted by Gasteiger charge is -2.19. The highest BCUT2D eigenvalue weighted by Crippen LogP contribution is 2.18. The number of hydrogen-bond acceptors (Lipinski definition) is 17. The Morgan fingerprint density at radius 1 is 0.706 bits per heavy atom. The maximum Gasteiger partial charge on any atom is 0.348 e. The van der Waals surface area contributed by atoms with Crippen molar-refractivity contribution in [2.75, 3.05) is 113 Å². The number of rotatable bonds is 32. The number of carbonyl (C=O) groups is 6. The largest absolute Gasteiger partial charge is 0.450 e. The van der Waals surface area contributed by atoms with Crippen molar-refractivity contribution in [2.45, 2.75) is 44.3 Å². The van der Waals surface area contributed by atoms with Gasteiger partial charge in [-0.05, 0) is 19.3 Å². The van der Waals surface area contributed by atoms with Crippen molar-refractivity contribution in [3.63, 3.8) is 0 Å². The highest BCUT2D eigenvalue weighted by Gasteiger charge is 2.42. The number of hydroxylamine groups is 2. The molecule has 0 saturated carbocycles. The molecule has 1 unspecified atom stereocenters. The molecule has 19 heteroatoms. The zero-order valence-corrected chi connectivity index (χ0v) is 29.0. The van der Waals surface area contributed by atoms with Crippen molar-refractivity contribution in [3.8, 4) is 0 Å². The maximum atomic E-state index is 12.8. The molecule has 1 N–H and O–H groups in total. The van der Waals surface area contributed by atoms with Crippen LogP contribution in [0.25, 0.3) is 0 Å². The number of carbonyl (C=O) groups excluding carboxylic acids is 6. The number of ether oxygens (including phenoxy) is 10. The Kier molecular flexibility index (Phi) is 23.4. The summed E-state index contributed by atoms with van der Waals surface area (Å²) in [5.41, 5.74) is 0. The van der Waals surface area contributed by atoms with E-state index in [-0.39, 0.29) is 50.7 Å². The van der Waals surface area contributed by atoms with Gasteiger partial charge in [-0.25, -0.2) is 4.79 Å². The number of unbranched alkanes of at least 4 members (excludes halogenated alkanes) is 1. The molecule has 2 atom stereocenters. The molecule has 290 valence electrons. The van der Waals surface area contributed by atoms with Crippen molar-refractivity contribution in [1.82, 2.24) is 9.96 Å². The van der Waals surface area contributed by atoms with Crippen molar-refractivity contribution >= 4 is 35.6 Å². The first-order chi connectivity index (χ1) is 24.7. The summed E-state index contributed by atoms with van der Waals surface area (Å²) < 4.78 is 52.9. The van der Waals surface area contributed by atoms with E-state index in [2.05, 4.69) is 0 Å². The van der Waals surface area contributed by atoms with Crippen molar-refractivity contribution in [2.24, 2.45) is 0 Å². The van der Waals surface area contributed by atoms with Gasteiger partial charge in [0.2, 0.25) is 0 Å². The van der Waals surface area contributed by atoms with Crippen LogP contribution in [0.4, 0.5) is 0 Å². The minimum Gasteiger partial charge on any atom is -0.450 e. The van der Waals surface area contributed by atoms with Crippen LogP contribution in [0, 0.1) is 0 Å². The Labute approximate surface area is 296 Å². The second kappa shape index (κ2) is 27.3. The lowest BCUT2D eigenvalue weighted by Crippen LogP contribution is -2.36. The van der Waals surface area contributed by atoms with Crippen LogP contribution >= 0.6 is 0 Å². The molecule has 0 radical (unpaired) electrons. The van der Waals surface area contributed by atoms with Gasteiger partial charge in [-0.1, -0.05) is 0 Å². The fourth-order valence-electron chi connectivity index (χ4n) is 4.31. The van der Waals surface area contributed by atoms with Crippen LogP contribution in [0.1, 0.15) is 32.1 Å². The van der Waals surface area contributed by atoms with Crippen LogP contribution in [0.15, 0.2) is 12.2 Å². The minimum absolute atomic E-state index is 0.0277. The van der Waals surface area contributed by atoms with Gasteiger partial charge in [0.1, 0.15) is 0 Å². The molecule has 4 amide bonds. The number of esters is 2.